The predicted molar refractivity (Wildman–Crippen MR) is 109 cm³/mol. The molecule has 4 rings (SSSR count). The molecular formula is C21H29ClN4O. The number of nitrogens with zero attached hydrogens (tertiary/aromatic N) is 3. The molecule has 146 valence electrons. The van der Waals surface area contributed by atoms with E-state index in [1.54, 1.807) is 0 Å². The van der Waals surface area contributed by atoms with Crippen LogP contribution in [0.25, 0.3) is 0 Å². The molecule has 2 saturated heterocycles. The van der Waals surface area contributed by atoms with Gasteiger partial charge in [0, 0.05) is 44.8 Å². The van der Waals surface area contributed by atoms with Crippen LogP contribution in [0.15, 0.2) is 36.7 Å². The van der Waals surface area contributed by atoms with Crippen molar-refractivity contribution >= 4 is 18.3 Å². The molecule has 3 atom stereocenters. The zero-order chi connectivity index (χ0) is 18.1. The fourth-order valence-electron chi connectivity index (χ4n) is 4.47. The van der Waals surface area contributed by atoms with Crippen LogP contribution in [-0.2, 0) is 18.3 Å². The van der Waals surface area contributed by atoms with Crippen molar-refractivity contribution in [1.82, 2.24) is 20.0 Å². The lowest BCUT2D eigenvalue weighted by molar-refractivity contribution is -0.136. The lowest BCUT2D eigenvalue weighted by atomic mass is 9.89. The van der Waals surface area contributed by atoms with Crippen LogP contribution in [0, 0.1) is 12.8 Å². The number of hydrogen-bond acceptors (Lipinski definition) is 3. The van der Waals surface area contributed by atoms with Crippen molar-refractivity contribution in [3.8, 4) is 0 Å². The van der Waals surface area contributed by atoms with Gasteiger partial charge in [0.05, 0.1) is 12.1 Å². The molecule has 1 N–H and O–H groups in total. The van der Waals surface area contributed by atoms with Gasteiger partial charge in [0.15, 0.2) is 0 Å². The first-order valence-electron chi connectivity index (χ1n) is 9.67. The summed E-state index contributed by atoms with van der Waals surface area (Å²) in [6, 6.07) is 9.06. The number of likely N-dealkylation sites (tertiary alicyclic amines) is 1. The van der Waals surface area contributed by atoms with Gasteiger partial charge in [-0.2, -0.15) is 5.10 Å². The number of aryl methyl sites for hydroxylation is 2. The molecule has 1 unspecified atom stereocenters. The highest BCUT2D eigenvalue weighted by molar-refractivity contribution is 5.85. The minimum Gasteiger partial charge on any atom is -0.339 e. The number of benzene rings is 1. The van der Waals surface area contributed by atoms with E-state index in [2.05, 4.69) is 46.5 Å². The molecule has 3 heterocycles. The Morgan fingerprint density at radius 1 is 1.26 bits per heavy atom. The second-order valence-electron chi connectivity index (χ2n) is 7.84. The van der Waals surface area contributed by atoms with Gasteiger partial charge in [-0.15, -0.1) is 12.4 Å². The van der Waals surface area contributed by atoms with Crippen molar-refractivity contribution in [2.45, 2.75) is 38.1 Å². The quantitative estimate of drug-likeness (QED) is 0.876. The van der Waals surface area contributed by atoms with Crippen LogP contribution in [0.5, 0.6) is 0 Å². The van der Waals surface area contributed by atoms with Gasteiger partial charge in [0.1, 0.15) is 0 Å². The van der Waals surface area contributed by atoms with Crippen LogP contribution in [-0.4, -0.2) is 46.3 Å². The zero-order valence-corrected chi connectivity index (χ0v) is 16.9. The Morgan fingerprint density at radius 3 is 2.74 bits per heavy atom. The Hall–Kier alpha value is -1.85. The average molecular weight is 389 g/mol. The van der Waals surface area contributed by atoms with E-state index in [9.17, 15) is 4.79 Å². The Morgan fingerprint density at radius 2 is 2.04 bits per heavy atom. The molecule has 5 nitrogen and oxygen atoms in total. The van der Waals surface area contributed by atoms with Gasteiger partial charge in [-0.1, -0.05) is 29.8 Å². The Kier molecular flexibility index (Phi) is 6.22. The second-order valence-corrected chi connectivity index (χ2v) is 7.84. The van der Waals surface area contributed by atoms with Crippen molar-refractivity contribution in [1.29, 1.82) is 0 Å². The molecule has 0 radical (unpaired) electrons. The first-order valence-corrected chi connectivity index (χ1v) is 9.67. The molecule has 2 aliphatic rings. The molecular weight excluding hydrogens is 360 g/mol. The topological polar surface area (TPSA) is 50.2 Å². The number of carbonyl (C=O) groups excluding carboxylic acids is 1. The molecule has 1 aromatic carbocycles. The Bertz CT molecular complexity index is 773. The third-order valence-electron chi connectivity index (χ3n) is 5.94. The number of hydrogen-bond donors (Lipinski definition) is 1. The molecule has 1 aromatic heterocycles. The van der Waals surface area contributed by atoms with Crippen molar-refractivity contribution in [2.24, 2.45) is 13.0 Å². The molecule has 0 aliphatic carbocycles. The number of amides is 1. The number of carbonyl (C=O) groups is 1. The smallest absolute Gasteiger partial charge is 0.227 e. The molecule has 6 heteroatoms. The van der Waals surface area contributed by atoms with Crippen LogP contribution in [0.4, 0.5) is 0 Å². The molecule has 2 fully saturated rings. The summed E-state index contributed by atoms with van der Waals surface area (Å²) in [5, 5.41) is 7.72. The van der Waals surface area contributed by atoms with Gasteiger partial charge in [0.2, 0.25) is 5.91 Å². The molecule has 1 amide bonds. The van der Waals surface area contributed by atoms with Gasteiger partial charge in [-0.05, 0) is 37.3 Å². The normalized spacial score (nSPS) is 24.8. The summed E-state index contributed by atoms with van der Waals surface area (Å²) >= 11 is 0. The fraction of sp³-hybridized carbons (Fsp3) is 0.524. The summed E-state index contributed by atoms with van der Waals surface area (Å²) in [7, 11) is 1.93. The molecule has 0 spiro atoms. The SMILES string of the molecule is Cc1ccc(CC2CCCN2C(=O)[C@H]2CNC[C@@H]2c2cnn(C)c2)cc1.Cl. The van der Waals surface area contributed by atoms with Crippen LogP contribution >= 0.6 is 12.4 Å². The average Bonchev–Trinajstić information content (AvgIpc) is 3.36. The third-order valence-corrected chi connectivity index (χ3v) is 5.94. The summed E-state index contributed by atoms with van der Waals surface area (Å²) in [5.41, 5.74) is 3.78. The van der Waals surface area contributed by atoms with Crippen molar-refractivity contribution < 1.29 is 4.79 Å². The van der Waals surface area contributed by atoms with Gasteiger partial charge in [-0.25, -0.2) is 0 Å². The van der Waals surface area contributed by atoms with Gasteiger partial charge in [0.25, 0.3) is 0 Å². The Labute approximate surface area is 167 Å². The van der Waals surface area contributed by atoms with E-state index < -0.39 is 0 Å². The number of nitrogens with one attached hydrogen (secondary N) is 1. The number of rotatable bonds is 4. The highest BCUT2D eigenvalue weighted by atomic mass is 35.5. The summed E-state index contributed by atoms with van der Waals surface area (Å²) in [6.07, 6.45) is 7.14. The molecule has 27 heavy (non-hydrogen) atoms. The van der Waals surface area contributed by atoms with Crippen molar-refractivity contribution in [2.75, 3.05) is 19.6 Å². The summed E-state index contributed by atoms with van der Waals surface area (Å²) in [5.74, 6) is 0.577. The van der Waals surface area contributed by atoms with Crippen LogP contribution in [0.2, 0.25) is 0 Å². The molecule has 2 aliphatic heterocycles. The van der Waals surface area contributed by atoms with E-state index >= 15 is 0 Å². The van der Waals surface area contributed by atoms with Crippen molar-refractivity contribution in [3.63, 3.8) is 0 Å². The highest BCUT2D eigenvalue weighted by Crippen LogP contribution is 2.32. The largest absolute Gasteiger partial charge is 0.339 e. The lowest BCUT2D eigenvalue weighted by Gasteiger charge is -2.29. The van der Waals surface area contributed by atoms with E-state index in [0.29, 0.717) is 11.9 Å². The number of halogens is 1. The number of aromatic nitrogens is 2. The van der Waals surface area contributed by atoms with E-state index in [4.69, 9.17) is 0 Å². The summed E-state index contributed by atoms with van der Waals surface area (Å²) < 4.78 is 1.82. The third kappa shape index (κ3) is 4.19. The maximum atomic E-state index is 13.4. The van der Waals surface area contributed by atoms with Gasteiger partial charge < -0.3 is 10.2 Å². The minimum atomic E-state index is 0. The minimum absolute atomic E-state index is 0. The van der Waals surface area contributed by atoms with E-state index in [-0.39, 0.29) is 24.2 Å². The Balaban J connectivity index is 0.00000210. The van der Waals surface area contributed by atoms with Crippen LogP contribution in [0.1, 0.15) is 35.4 Å². The van der Waals surface area contributed by atoms with Crippen LogP contribution < -0.4 is 5.32 Å². The van der Waals surface area contributed by atoms with Gasteiger partial charge >= 0.3 is 0 Å². The lowest BCUT2D eigenvalue weighted by Crippen LogP contribution is -2.42. The predicted octanol–water partition coefficient (Wildman–Crippen LogP) is 2.69. The zero-order valence-electron chi connectivity index (χ0n) is 16.1. The van der Waals surface area contributed by atoms with E-state index in [1.165, 1.54) is 16.7 Å². The van der Waals surface area contributed by atoms with Gasteiger partial charge in [-0.3, -0.25) is 9.48 Å². The van der Waals surface area contributed by atoms with Crippen LogP contribution in [0.3, 0.4) is 0 Å². The molecule has 2 aromatic rings. The summed E-state index contributed by atoms with van der Waals surface area (Å²) in [6.45, 7) is 4.64. The van der Waals surface area contributed by atoms with E-state index in [1.807, 2.05) is 24.1 Å². The van der Waals surface area contributed by atoms with Crippen molar-refractivity contribution in [3.05, 3.63) is 53.3 Å². The highest BCUT2D eigenvalue weighted by Gasteiger charge is 2.40. The van der Waals surface area contributed by atoms with E-state index in [0.717, 1.165) is 38.9 Å². The monoisotopic (exact) mass is 388 g/mol. The maximum Gasteiger partial charge on any atom is 0.227 e. The first-order chi connectivity index (χ1) is 12.6. The molecule has 0 bridgehead atoms. The first kappa shape index (κ1) is 19.9. The summed E-state index contributed by atoms with van der Waals surface area (Å²) in [4.78, 5) is 15.5. The second kappa shape index (κ2) is 8.44. The fourth-order valence-corrected chi connectivity index (χ4v) is 4.47. The molecule has 0 saturated carbocycles. The standard InChI is InChI=1S/C21H28N4O.ClH/c1-15-5-7-16(8-6-15)10-18-4-3-9-25(18)21(26)20-13-22-12-19(20)17-11-23-24(2)14-17;/h5-8,11,14,18-20,22H,3-4,9-10,12-13H2,1-2H3;1H/t18?,19-,20+;/m1./s1. The maximum absolute atomic E-state index is 13.4.